The minimum absolute atomic E-state index is 0.0629. The van der Waals surface area contributed by atoms with Gasteiger partial charge in [-0.15, -0.1) is 0 Å². The zero-order valence-electron chi connectivity index (χ0n) is 15.9. The number of nitrogens with one attached hydrogen (secondary N) is 2. The minimum Gasteiger partial charge on any atom is -0.351 e. The maximum absolute atomic E-state index is 14.3. The molecule has 1 aliphatic carbocycles. The fraction of sp³-hybridized carbons (Fsp3) is 0.286. The fourth-order valence-electron chi connectivity index (χ4n) is 3.51. The number of alkyl halides is 3. The summed E-state index contributed by atoms with van der Waals surface area (Å²) in [6, 6.07) is 7.98. The third-order valence-electron chi connectivity index (χ3n) is 4.96. The Morgan fingerprint density at radius 1 is 0.967 bits per heavy atom. The molecule has 1 aliphatic rings. The van der Waals surface area contributed by atoms with Crippen LogP contribution in [0.15, 0.2) is 48.8 Å². The number of halogens is 4. The summed E-state index contributed by atoms with van der Waals surface area (Å²) < 4.78 is 54.4. The molecule has 1 saturated carbocycles. The standard InChI is InChI=1S/C21H19F4N5/c22-16-7-3-6-15(21(23,24)25)19(16)29-18-12-17(13-8-10-26-11-9-13)28-20(30-18)27-14-4-1-2-5-14/h3,6-12,14H,1-2,4-5H2,(H2,27,28,29,30). The Hall–Kier alpha value is -3.23. The molecule has 3 aromatic rings. The summed E-state index contributed by atoms with van der Waals surface area (Å²) in [7, 11) is 0. The number of hydrogen-bond donors (Lipinski definition) is 2. The molecule has 2 N–H and O–H groups in total. The van der Waals surface area contributed by atoms with Gasteiger partial charge in [-0.2, -0.15) is 18.2 Å². The summed E-state index contributed by atoms with van der Waals surface area (Å²) in [4.78, 5) is 12.8. The molecular weight excluding hydrogens is 398 g/mol. The van der Waals surface area contributed by atoms with Crippen LogP contribution in [-0.2, 0) is 6.18 Å². The van der Waals surface area contributed by atoms with Gasteiger partial charge in [0.05, 0.1) is 16.9 Å². The first-order valence-corrected chi connectivity index (χ1v) is 9.59. The summed E-state index contributed by atoms with van der Waals surface area (Å²) in [5, 5.41) is 5.76. The van der Waals surface area contributed by atoms with Gasteiger partial charge in [0.2, 0.25) is 5.95 Å². The molecule has 0 bridgehead atoms. The second-order valence-corrected chi connectivity index (χ2v) is 7.11. The van der Waals surface area contributed by atoms with Crippen LogP contribution in [0.3, 0.4) is 0 Å². The molecule has 0 amide bonds. The Morgan fingerprint density at radius 3 is 2.40 bits per heavy atom. The van der Waals surface area contributed by atoms with E-state index in [0.29, 0.717) is 5.69 Å². The van der Waals surface area contributed by atoms with E-state index in [0.717, 1.165) is 49.4 Å². The molecule has 0 aliphatic heterocycles. The highest BCUT2D eigenvalue weighted by atomic mass is 19.4. The summed E-state index contributed by atoms with van der Waals surface area (Å²) in [5.41, 5.74) is -0.567. The van der Waals surface area contributed by atoms with Gasteiger partial charge in [-0.3, -0.25) is 4.98 Å². The molecule has 2 aromatic heterocycles. The van der Waals surface area contributed by atoms with Crippen LogP contribution < -0.4 is 10.6 Å². The Labute approximate surface area is 170 Å². The fourth-order valence-corrected chi connectivity index (χ4v) is 3.51. The van der Waals surface area contributed by atoms with E-state index in [4.69, 9.17) is 0 Å². The third kappa shape index (κ3) is 4.50. The Kier molecular flexibility index (Phi) is 5.52. The highest BCUT2D eigenvalue weighted by molar-refractivity contribution is 5.69. The van der Waals surface area contributed by atoms with Crippen molar-refractivity contribution in [2.75, 3.05) is 10.6 Å². The second-order valence-electron chi connectivity index (χ2n) is 7.11. The first-order chi connectivity index (χ1) is 14.4. The highest BCUT2D eigenvalue weighted by Gasteiger charge is 2.35. The van der Waals surface area contributed by atoms with Crippen molar-refractivity contribution < 1.29 is 17.6 Å². The number of pyridine rings is 1. The number of nitrogens with zero attached hydrogens (tertiary/aromatic N) is 3. The number of aromatic nitrogens is 3. The van der Waals surface area contributed by atoms with Crippen molar-refractivity contribution in [1.29, 1.82) is 0 Å². The lowest BCUT2D eigenvalue weighted by Crippen LogP contribution is -2.17. The first kappa shape index (κ1) is 20.1. The maximum Gasteiger partial charge on any atom is 0.418 e. The number of anilines is 3. The quantitative estimate of drug-likeness (QED) is 0.514. The molecule has 9 heteroatoms. The molecule has 0 unspecified atom stereocenters. The molecule has 0 radical (unpaired) electrons. The summed E-state index contributed by atoms with van der Waals surface area (Å²) in [5.74, 6) is -0.671. The average molecular weight is 417 g/mol. The third-order valence-corrected chi connectivity index (χ3v) is 4.96. The van der Waals surface area contributed by atoms with Crippen molar-refractivity contribution >= 4 is 17.5 Å². The number of hydrogen-bond acceptors (Lipinski definition) is 5. The zero-order valence-corrected chi connectivity index (χ0v) is 15.9. The van der Waals surface area contributed by atoms with Crippen LogP contribution >= 0.6 is 0 Å². The maximum atomic E-state index is 14.3. The summed E-state index contributed by atoms with van der Waals surface area (Å²) >= 11 is 0. The van der Waals surface area contributed by atoms with E-state index in [1.807, 2.05) is 0 Å². The van der Waals surface area contributed by atoms with E-state index in [2.05, 4.69) is 25.6 Å². The van der Waals surface area contributed by atoms with E-state index in [1.165, 1.54) is 6.07 Å². The van der Waals surface area contributed by atoms with Gasteiger partial charge in [0.1, 0.15) is 11.6 Å². The van der Waals surface area contributed by atoms with Crippen LogP contribution in [-0.4, -0.2) is 21.0 Å². The zero-order chi connectivity index (χ0) is 21.1. The number of rotatable bonds is 5. The molecule has 156 valence electrons. The second kappa shape index (κ2) is 8.25. The van der Waals surface area contributed by atoms with Crippen molar-refractivity contribution in [3.05, 3.63) is 60.2 Å². The molecule has 0 saturated heterocycles. The van der Waals surface area contributed by atoms with E-state index in [9.17, 15) is 17.6 Å². The highest BCUT2D eigenvalue weighted by Crippen LogP contribution is 2.37. The van der Waals surface area contributed by atoms with Gasteiger partial charge in [0.25, 0.3) is 0 Å². The molecule has 2 heterocycles. The minimum atomic E-state index is -4.71. The monoisotopic (exact) mass is 417 g/mol. The SMILES string of the molecule is Fc1cccc(C(F)(F)F)c1Nc1cc(-c2ccncc2)nc(NC2CCCC2)n1. The van der Waals surface area contributed by atoms with E-state index >= 15 is 0 Å². The molecule has 0 atom stereocenters. The average Bonchev–Trinajstić information content (AvgIpc) is 3.22. The molecule has 1 aromatic carbocycles. The van der Waals surface area contributed by atoms with Crippen LogP contribution in [0, 0.1) is 5.82 Å². The normalized spacial score (nSPS) is 14.7. The first-order valence-electron chi connectivity index (χ1n) is 9.59. The predicted octanol–water partition coefficient (Wildman–Crippen LogP) is 5.79. The van der Waals surface area contributed by atoms with Crippen LogP contribution in [0.4, 0.5) is 35.0 Å². The van der Waals surface area contributed by atoms with Crippen molar-refractivity contribution in [2.45, 2.75) is 37.9 Å². The van der Waals surface area contributed by atoms with Crippen molar-refractivity contribution in [3.8, 4) is 11.3 Å². The molecule has 0 spiro atoms. The molecule has 4 rings (SSSR count). The molecular formula is C21H19F4N5. The van der Waals surface area contributed by atoms with Crippen LogP contribution in [0.1, 0.15) is 31.2 Å². The van der Waals surface area contributed by atoms with Gasteiger partial charge < -0.3 is 10.6 Å². The Bertz CT molecular complexity index is 1020. The summed E-state index contributed by atoms with van der Waals surface area (Å²) in [6.07, 6.45) is 2.60. The van der Waals surface area contributed by atoms with Gasteiger partial charge >= 0.3 is 6.18 Å². The van der Waals surface area contributed by atoms with E-state index in [1.54, 1.807) is 24.5 Å². The topological polar surface area (TPSA) is 62.7 Å². The van der Waals surface area contributed by atoms with Crippen LogP contribution in [0.2, 0.25) is 0 Å². The van der Waals surface area contributed by atoms with Gasteiger partial charge in [-0.05, 0) is 37.1 Å². The number of para-hydroxylation sites is 1. The summed E-state index contributed by atoms with van der Waals surface area (Å²) in [6.45, 7) is 0. The smallest absolute Gasteiger partial charge is 0.351 e. The Morgan fingerprint density at radius 2 is 1.70 bits per heavy atom. The lowest BCUT2D eigenvalue weighted by Gasteiger charge is -2.17. The molecule has 1 fully saturated rings. The van der Waals surface area contributed by atoms with E-state index in [-0.39, 0.29) is 17.8 Å². The van der Waals surface area contributed by atoms with Crippen molar-refractivity contribution in [3.63, 3.8) is 0 Å². The molecule has 5 nitrogen and oxygen atoms in total. The predicted molar refractivity (Wildman–Crippen MR) is 106 cm³/mol. The van der Waals surface area contributed by atoms with Crippen molar-refractivity contribution in [1.82, 2.24) is 15.0 Å². The van der Waals surface area contributed by atoms with Gasteiger partial charge in [-0.1, -0.05) is 18.9 Å². The Balaban J connectivity index is 1.74. The number of benzene rings is 1. The van der Waals surface area contributed by atoms with Gasteiger partial charge in [0, 0.05) is 30.1 Å². The van der Waals surface area contributed by atoms with Crippen LogP contribution in [0.5, 0.6) is 0 Å². The molecule has 30 heavy (non-hydrogen) atoms. The lowest BCUT2D eigenvalue weighted by atomic mass is 10.1. The van der Waals surface area contributed by atoms with Crippen molar-refractivity contribution in [2.24, 2.45) is 0 Å². The van der Waals surface area contributed by atoms with Gasteiger partial charge in [0.15, 0.2) is 0 Å². The van der Waals surface area contributed by atoms with Crippen LogP contribution in [0.25, 0.3) is 11.3 Å². The van der Waals surface area contributed by atoms with E-state index < -0.39 is 23.2 Å². The largest absolute Gasteiger partial charge is 0.418 e. The van der Waals surface area contributed by atoms with Gasteiger partial charge in [-0.25, -0.2) is 9.37 Å². The lowest BCUT2D eigenvalue weighted by molar-refractivity contribution is -0.137.